The lowest BCUT2D eigenvalue weighted by Crippen LogP contribution is -2.13. The number of hydrogen-bond acceptors (Lipinski definition) is 6. The lowest BCUT2D eigenvalue weighted by atomic mass is 10.2. The van der Waals surface area contributed by atoms with E-state index >= 15 is 0 Å². The first kappa shape index (κ1) is 23.1. The van der Waals surface area contributed by atoms with Crippen molar-refractivity contribution in [1.29, 1.82) is 0 Å². The maximum absolute atomic E-state index is 12.5. The third-order valence-electron chi connectivity index (χ3n) is 4.81. The number of halogens is 4. The summed E-state index contributed by atoms with van der Waals surface area (Å²) in [7, 11) is 0. The summed E-state index contributed by atoms with van der Waals surface area (Å²) in [5, 5.41) is 4.15. The molecule has 168 valence electrons. The SMILES string of the molecule is CCCCOC(=O)c1ccc(-n2ccc(OCCCC3C(=O)C3C(F)(F)F)n2)nc1Cl. The van der Waals surface area contributed by atoms with E-state index in [0.717, 1.165) is 12.8 Å². The molecule has 0 radical (unpaired) electrons. The number of hydrogen-bond donors (Lipinski definition) is 0. The number of rotatable bonds is 10. The number of ether oxygens (including phenoxy) is 2. The quantitative estimate of drug-likeness (QED) is 0.297. The van der Waals surface area contributed by atoms with Crippen LogP contribution >= 0.6 is 11.6 Å². The van der Waals surface area contributed by atoms with Crippen molar-refractivity contribution in [2.24, 2.45) is 11.8 Å². The molecule has 2 unspecified atom stereocenters. The molecule has 31 heavy (non-hydrogen) atoms. The molecule has 1 aliphatic rings. The van der Waals surface area contributed by atoms with E-state index in [4.69, 9.17) is 21.1 Å². The van der Waals surface area contributed by atoms with Crippen molar-refractivity contribution in [1.82, 2.24) is 14.8 Å². The molecule has 2 aromatic heterocycles. The molecule has 0 aromatic carbocycles. The van der Waals surface area contributed by atoms with Gasteiger partial charge in [0.2, 0.25) is 5.88 Å². The van der Waals surface area contributed by atoms with Crippen molar-refractivity contribution in [2.45, 2.75) is 38.8 Å². The van der Waals surface area contributed by atoms with Crippen molar-refractivity contribution in [3.05, 3.63) is 35.1 Å². The number of carbonyl (C=O) groups excluding carboxylic acids is 2. The number of nitrogens with zero attached hydrogens (tertiary/aromatic N) is 3. The molecule has 1 fully saturated rings. The lowest BCUT2D eigenvalue weighted by Gasteiger charge is -2.07. The van der Waals surface area contributed by atoms with Crippen LogP contribution in [0.25, 0.3) is 5.82 Å². The monoisotopic (exact) mass is 459 g/mol. The zero-order valence-corrected chi connectivity index (χ0v) is 17.4. The normalized spacial score (nSPS) is 18.2. The zero-order chi connectivity index (χ0) is 22.6. The molecule has 0 aliphatic heterocycles. The molecule has 0 saturated heterocycles. The van der Waals surface area contributed by atoms with Crippen molar-refractivity contribution in [3.63, 3.8) is 0 Å². The van der Waals surface area contributed by atoms with Gasteiger partial charge in [-0.05, 0) is 31.4 Å². The average molecular weight is 460 g/mol. The van der Waals surface area contributed by atoms with Gasteiger partial charge in [-0.15, -0.1) is 5.10 Å². The molecule has 11 heteroatoms. The third-order valence-corrected chi connectivity index (χ3v) is 5.10. The topological polar surface area (TPSA) is 83.3 Å². The Balaban J connectivity index is 1.50. The molecule has 7 nitrogen and oxygen atoms in total. The van der Waals surface area contributed by atoms with Crippen molar-refractivity contribution in [3.8, 4) is 11.7 Å². The number of unbranched alkanes of at least 4 members (excludes halogenated alkanes) is 1. The van der Waals surface area contributed by atoms with Crippen LogP contribution in [0.15, 0.2) is 24.4 Å². The minimum atomic E-state index is -4.46. The first-order valence-electron chi connectivity index (χ1n) is 9.85. The maximum atomic E-state index is 12.5. The van der Waals surface area contributed by atoms with Gasteiger partial charge in [-0.2, -0.15) is 13.2 Å². The highest BCUT2D eigenvalue weighted by atomic mass is 35.5. The van der Waals surface area contributed by atoms with Gasteiger partial charge in [-0.3, -0.25) is 4.79 Å². The first-order valence-corrected chi connectivity index (χ1v) is 10.2. The van der Waals surface area contributed by atoms with Crippen LogP contribution in [0.4, 0.5) is 13.2 Å². The second-order valence-electron chi connectivity index (χ2n) is 7.11. The Morgan fingerprint density at radius 2 is 2.00 bits per heavy atom. The highest BCUT2D eigenvalue weighted by Gasteiger charge is 2.63. The van der Waals surface area contributed by atoms with Gasteiger partial charge in [0, 0.05) is 18.2 Å². The van der Waals surface area contributed by atoms with Crippen molar-refractivity contribution >= 4 is 23.4 Å². The fourth-order valence-corrected chi connectivity index (χ4v) is 3.30. The van der Waals surface area contributed by atoms with E-state index in [1.54, 1.807) is 18.3 Å². The largest absolute Gasteiger partial charge is 0.477 e. The lowest BCUT2D eigenvalue weighted by molar-refractivity contribution is -0.155. The molecule has 1 aliphatic carbocycles. The molecule has 0 N–H and O–H groups in total. The van der Waals surface area contributed by atoms with Crippen molar-refractivity contribution < 1.29 is 32.2 Å². The molecular weight excluding hydrogens is 439 g/mol. The predicted molar refractivity (Wildman–Crippen MR) is 104 cm³/mol. The Bertz CT molecular complexity index is 948. The summed E-state index contributed by atoms with van der Waals surface area (Å²) in [4.78, 5) is 27.4. The number of aromatic nitrogens is 3. The molecule has 2 aromatic rings. The van der Waals surface area contributed by atoms with E-state index in [2.05, 4.69) is 10.1 Å². The standard InChI is InChI=1S/C20H21ClF3N3O4/c1-2-3-10-31-19(29)13-6-7-14(25-18(13)21)27-9-8-15(26-27)30-11-4-5-12-16(17(12)28)20(22,23)24/h6-9,12,16H,2-5,10-11H2,1H3. The summed E-state index contributed by atoms with van der Waals surface area (Å²) in [6.45, 7) is 2.41. The van der Waals surface area contributed by atoms with E-state index < -0.39 is 29.8 Å². The van der Waals surface area contributed by atoms with Gasteiger partial charge in [-0.1, -0.05) is 24.9 Å². The summed E-state index contributed by atoms with van der Waals surface area (Å²) in [5.74, 6) is -3.49. The van der Waals surface area contributed by atoms with Crippen LogP contribution in [0.1, 0.15) is 43.0 Å². The summed E-state index contributed by atoms with van der Waals surface area (Å²) in [6, 6.07) is 4.60. The Morgan fingerprint density at radius 1 is 1.23 bits per heavy atom. The van der Waals surface area contributed by atoms with Gasteiger partial charge >= 0.3 is 12.1 Å². The first-order chi connectivity index (χ1) is 14.7. The fraction of sp³-hybridized carbons (Fsp3) is 0.500. The minimum absolute atomic E-state index is 0.0229. The Labute approximate surface area is 181 Å². The summed E-state index contributed by atoms with van der Waals surface area (Å²) in [5.41, 5.74) is 0.150. The number of alkyl halides is 3. The number of ketones is 1. The van der Waals surface area contributed by atoms with Crippen LogP contribution < -0.4 is 4.74 Å². The Morgan fingerprint density at radius 3 is 2.65 bits per heavy atom. The summed E-state index contributed by atoms with van der Waals surface area (Å²) < 4.78 is 49.6. The fourth-order valence-electron chi connectivity index (χ4n) is 3.07. The second kappa shape index (κ2) is 9.67. The maximum Gasteiger partial charge on any atom is 0.399 e. The summed E-state index contributed by atoms with van der Waals surface area (Å²) in [6.07, 6.45) is -0.820. The van der Waals surface area contributed by atoms with Crippen LogP contribution in [-0.2, 0) is 9.53 Å². The average Bonchev–Trinajstić information content (AvgIpc) is 3.14. The van der Waals surface area contributed by atoms with Gasteiger partial charge in [-0.25, -0.2) is 14.5 Å². The van der Waals surface area contributed by atoms with E-state index in [1.165, 1.54) is 10.7 Å². The number of pyridine rings is 1. The number of carbonyl (C=O) groups is 2. The molecule has 2 atom stereocenters. The third kappa shape index (κ3) is 5.75. The van der Waals surface area contributed by atoms with E-state index in [-0.39, 0.29) is 29.6 Å². The van der Waals surface area contributed by atoms with E-state index in [9.17, 15) is 22.8 Å². The predicted octanol–water partition coefficient (Wildman–Crippen LogP) is 4.41. The number of Topliss-reactive ketones (excluding diaryl/α,β-unsaturated/α-hetero) is 1. The molecule has 2 heterocycles. The van der Waals surface area contributed by atoms with Gasteiger partial charge < -0.3 is 9.47 Å². The molecule has 0 bridgehead atoms. The number of esters is 1. The highest BCUT2D eigenvalue weighted by molar-refractivity contribution is 6.32. The van der Waals surface area contributed by atoms with Crippen LogP contribution in [0.3, 0.4) is 0 Å². The minimum Gasteiger partial charge on any atom is -0.477 e. The molecule has 0 amide bonds. The Hall–Kier alpha value is -2.62. The van der Waals surface area contributed by atoms with E-state index in [1.807, 2.05) is 6.92 Å². The molecule has 0 spiro atoms. The van der Waals surface area contributed by atoms with Crippen molar-refractivity contribution in [2.75, 3.05) is 13.2 Å². The van der Waals surface area contributed by atoms with Crippen LogP contribution in [0, 0.1) is 11.8 Å². The zero-order valence-electron chi connectivity index (χ0n) is 16.7. The smallest absolute Gasteiger partial charge is 0.399 e. The van der Waals surface area contributed by atoms with Crippen LogP contribution in [0.2, 0.25) is 5.15 Å². The van der Waals surface area contributed by atoms with Crippen LogP contribution in [0.5, 0.6) is 5.88 Å². The van der Waals surface area contributed by atoms with Gasteiger partial charge in [0.25, 0.3) is 0 Å². The molecule has 3 rings (SSSR count). The van der Waals surface area contributed by atoms with E-state index in [0.29, 0.717) is 18.8 Å². The van der Waals surface area contributed by atoms with Gasteiger partial charge in [0.05, 0.1) is 18.8 Å². The van der Waals surface area contributed by atoms with Gasteiger partial charge in [0.1, 0.15) is 16.9 Å². The molecular formula is C20H21ClF3N3O4. The Kier molecular flexibility index (Phi) is 7.19. The highest BCUT2D eigenvalue weighted by Crippen LogP contribution is 2.48. The van der Waals surface area contributed by atoms with Crippen LogP contribution in [-0.4, -0.2) is 45.9 Å². The summed E-state index contributed by atoms with van der Waals surface area (Å²) >= 11 is 6.10. The van der Waals surface area contributed by atoms with Gasteiger partial charge in [0.15, 0.2) is 5.82 Å². The molecule has 1 saturated carbocycles. The second-order valence-corrected chi connectivity index (χ2v) is 7.47.